The third-order valence-electron chi connectivity index (χ3n) is 6.81. The number of amides is 1. The van der Waals surface area contributed by atoms with Crippen LogP contribution in [0.4, 0.5) is 0 Å². The lowest BCUT2D eigenvalue weighted by atomic mass is 10.1. The molecule has 0 aliphatic carbocycles. The highest BCUT2D eigenvalue weighted by molar-refractivity contribution is 5.76. The van der Waals surface area contributed by atoms with Gasteiger partial charge in [-0.05, 0) is 70.6 Å². The zero-order valence-electron chi connectivity index (χ0n) is 27.4. The molecule has 0 aromatic heterocycles. The molecule has 4 nitrogen and oxygen atoms in total. The summed E-state index contributed by atoms with van der Waals surface area (Å²) in [5, 5.41) is 22.7. The smallest absolute Gasteiger partial charge is 0.220 e. The van der Waals surface area contributed by atoms with Gasteiger partial charge in [-0.25, -0.2) is 0 Å². The first kappa shape index (κ1) is 40.3. The fraction of sp³-hybridized carbons (Fsp3) is 0.564. The van der Waals surface area contributed by atoms with Crippen LogP contribution in [0.3, 0.4) is 0 Å². The highest BCUT2D eigenvalue weighted by Crippen LogP contribution is 2.08. The van der Waals surface area contributed by atoms with Gasteiger partial charge < -0.3 is 15.5 Å². The maximum Gasteiger partial charge on any atom is 0.220 e. The molecule has 43 heavy (non-hydrogen) atoms. The predicted molar refractivity (Wildman–Crippen MR) is 188 cm³/mol. The van der Waals surface area contributed by atoms with Crippen LogP contribution in [0.2, 0.25) is 0 Å². The maximum absolute atomic E-state index is 12.2. The Morgan fingerprint density at radius 3 is 1.60 bits per heavy atom. The number of aliphatic hydroxyl groups excluding tert-OH is 2. The van der Waals surface area contributed by atoms with E-state index in [4.69, 9.17) is 0 Å². The summed E-state index contributed by atoms with van der Waals surface area (Å²) in [6.07, 6.45) is 50.6. The monoisotopic (exact) mass is 593 g/mol. The Balaban J connectivity index is 3.91. The van der Waals surface area contributed by atoms with Gasteiger partial charge in [0.2, 0.25) is 5.91 Å². The van der Waals surface area contributed by atoms with E-state index in [2.05, 4.69) is 98.2 Å². The third kappa shape index (κ3) is 30.6. The van der Waals surface area contributed by atoms with Crippen LogP contribution in [-0.4, -0.2) is 34.9 Å². The molecule has 242 valence electrons. The summed E-state index contributed by atoms with van der Waals surface area (Å²) in [4.78, 5) is 12.2. The van der Waals surface area contributed by atoms with Crippen LogP contribution >= 0.6 is 0 Å². The van der Waals surface area contributed by atoms with Crippen LogP contribution < -0.4 is 5.32 Å². The quantitative estimate of drug-likeness (QED) is 0.0624. The molecule has 0 aromatic rings. The molecule has 3 N–H and O–H groups in total. The summed E-state index contributed by atoms with van der Waals surface area (Å²) >= 11 is 0. The Hall–Kier alpha value is -2.69. The van der Waals surface area contributed by atoms with Gasteiger partial charge >= 0.3 is 0 Å². The van der Waals surface area contributed by atoms with E-state index in [-0.39, 0.29) is 12.5 Å². The van der Waals surface area contributed by atoms with Crippen LogP contribution in [-0.2, 0) is 4.79 Å². The topological polar surface area (TPSA) is 69.6 Å². The second kappa shape index (κ2) is 33.8. The van der Waals surface area contributed by atoms with E-state index in [0.717, 1.165) is 57.8 Å². The fourth-order valence-corrected chi connectivity index (χ4v) is 4.21. The average Bonchev–Trinajstić information content (AvgIpc) is 3.01. The van der Waals surface area contributed by atoms with Crippen molar-refractivity contribution < 1.29 is 15.0 Å². The average molecular weight is 594 g/mol. The van der Waals surface area contributed by atoms with E-state index >= 15 is 0 Å². The molecule has 0 aromatic carbocycles. The number of unbranched alkanes of at least 4 members (excludes halogenated alkanes) is 7. The Morgan fingerprint density at radius 2 is 1.05 bits per heavy atom. The summed E-state index contributed by atoms with van der Waals surface area (Å²) in [7, 11) is 0. The minimum atomic E-state index is -0.896. The lowest BCUT2D eigenvalue weighted by Crippen LogP contribution is -2.45. The molecule has 0 saturated carbocycles. The van der Waals surface area contributed by atoms with E-state index in [9.17, 15) is 15.0 Å². The minimum absolute atomic E-state index is 0.163. The SMILES string of the molecule is CC/C=C\C/C=C\C/C=C\C/C=C\C/C=C\C/C=C\CCC(=O)NC(CO)C(O)/C=C/CC/C=C/CCCCCCCC. The number of carbonyl (C=O) groups excluding carboxylic acids is 1. The van der Waals surface area contributed by atoms with Crippen molar-refractivity contribution in [1.29, 1.82) is 0 Å². The van der Waals surface area contributed by atoms with Gasteiger partial charge in [0.1, 0.15) is 0 Å². The van der Waals surface area contributed by atoms with Crippen molar-refractivity contribution in [3.8, 4) is 0 Å². The molecule has 1 amide bonds. The van der Waals surface area contributed by atoms with Crippen LogP contribution in [0.15, 0.2) is 97.2 Å². The highest BCUT2D eigenvalue weighted by Gasteiger charge is 2.17. The van der Waals surface area contributed by atoms with E-state index < -0.39 is 12.1 Å². The molecule has 0 radical (unpaired) electrons. The molecule has 4 heteroatoms. The van der Waals surface area contributed by atoms with E-state index in [0.29, 0.717) is 12.8 Å². The molecule has 2 unspecified atom stereocenters. The van der Waals surface area contributed by atoms with Crippen LogP contribution in [0.1, 0.15) is 123 Å². The summed E-state index contributed by atoms with van der Waals surface area (Å²) in [6, 6.07) is -0.683. The molecule has 0 saturated heterocycles. The van der Waals surface area contributed by atoms with E-state index in [1.807, 2.05) is 12.2 Å². The van der Waals surface area contributed by atoms with Crippen LogP contribution in [0.5, 0.6) is 0 Å². The third-order valence-corrected chi connectivity index (χ3v) is 6.81. The molecular weight excluding hydrogens is 530 g/mol. The lowest BCUT2D eigenvalue weighted by Gasteiger charge is -2.19. The maximum atomic E-state index is 12.2. The fourth-order valence-electron chi connectivity index (χ4n) is 4.21. The van der Waals surface area contributed by atoms with Crippen molar-refractivity contribution in [3.05, 3.63) is 97.2 Å². The molecule has 0 spiro atoms. The Morgan fingerprint density at radius 1 is 0.581 bits per heavy atom. The predicted octanol–water partition coefficient (Wildman–Crippen LogP) is 9.95. The van der Waals surface area contributed by atoms with Gasteiger partial charge in [-0.1, -0.05) is 143 Å². The van der Waals surface area contributed by atoms with Gasteiger partial charge in [-0.3, -0.25) is 4.79 Å². The largest absolute Gasteiger partial charge is 0.394 e. The molecule has 0 heterocycles. The van der Waals surface area contributed by atoms with E-state index in [1.54, 1.807) is 6.08 Å². The molecule has 2 atom stereocenters. The van der Waals surface area contributed by atoms with Crippen LogP contribution in [0, 0.1) is 0 Å². The molecule has 0 aliphatic rings. The molecule has 0 aliphatic heterocycles. The Bertz CT molecular complexity index is 860. The van der Waals surface area contributed by atoms with Crippen molar-refractivity contribution in [1.82, 2.24) is 5.32 Å². The number of allylic oxidation sites excluding steroid dienone is 15. The standard InChI is InChI=1S/C39H63NO3/c1-3-5-7-9-11-13-15-17-18-19-20-21-22-23-25-27-29-31-33-35-39(43)40-37(36-41)38(42)34-32-30-28-26-24-16-14-12-10-8-6-4-2/h5,7,11,13,17-18,20-21,23-26,29,31-32,34,37-38,41-42H,3-4,6,8-10,12,14-16,19,22,27-28,30,33,35-36H2,1-2H3,(H,40,43)/b7-5-,13-11-,18-17-,21-20-,25-23-,26-24+,31-29-,34-32+. The van der Waals surface area contributed by atoms with Gasteiger partial charge in [0.15, 0.2) is 0 Å². The number of hydrogen-bond acceptors (Lipinski definition) is 3. The first-order chi connectivity index (χ1) is 21.2. The Kier molecular flexibility index (Phi) is 31.7. The zero-order valence-corrected chi connectivity index (χ0v) is 27.4. The normalized spacial score (nSPS) is 14.4. The van der Waals surface area contributed by atoms with Gasteiger partial charge in [0.05, 0.1) is 18.8 Å². The number of nitrogens with one attached hydrogen (secondary N) is 1. The van der Waals surface area contributed by atoms with Crippen molar-refractivity contribution in [2.24, 2.45) is 0 Å². The van der Waals surface area contributed by atoms with Crippen molar-refractivity contribution >= 4 is 5.91 Å². The molecule has 0 fully saturated rings. The number of hydrogen-bond donors (Lipinski definition) is 3. The molecule has 0 bridgehead atoms. The van der Waals surface area contributed by atoms with Gasteiger partial charge in [-0.2, -0.15) is 0 Å². The Labute approximate surface area is 264 Å². The summed E-state index contributed by atoms with van der Waals surface area (Å²) in [5.41, 5.74) is 0. The first-order valence-electron chi connectivity index (χ1n) is 17.0. The molecular formula is C39H63NO3. The number of rotatable bonds is 28. The second-order valence-electron chi connectivity index (χ2n) is 10.8. The lowest BCUT2D eigenvalue weighted by molar-refractivity contribution is -0.122. The second-order valence-corrected chi connectivity index (χ2v) is 10.8. The van der Waals surface area contributed by atoms with Crippen LogP contribution in [0.25, 0.3) is 0 Å². The minimum Gasteiger partial charge on any atom is -0.394 e. The van der Waals surface area contributed by atoms with Gasteiger partial charge in [0, 0.05) is 6.42 Å². The zero-order chi connectivity index (χ0) is 31.5. The summed E-state index contributed by atoms with van der Waals surface area (Å²) < 4.78 is 0. The summed E-state index contributed by atoms with van der Waals surface area (Å²) in [5.74, 6) is -0.163. The first-order valence-corrected chi connectivity index (χ1v) is 17.0. The molecule has 0 rings (SSSR count). The van der Waals surface area contributed by atoms with Crippen molar-refractivity contribution in [2.45, 2.75) is 135 Å². The van der Waals surface area contributed by atoms with Gasteiger partial charge in [0.25, 0.3) is 0 Å². The highest BCUT2D eigenvalue weighted by atomic mass is 16.3. The van der Waals surface area contributed by atoms with Crippen molar-refractivity contribution in [3.63, 3.8) is 0 Å². The van der Waals surface area contributed by atoms with Gasteiger partial charge in [-0.15, -0.1) is 0 Å². The van der Waals surface area contributed by atoms with E-state index in [1.165, 1.54) is 38.5 Å². The number of aliphatic hydroxyl groups is 2. The number of carbonyl (C=O) groups is 1. The summed E-state index contributed by atoms with van der Waals surface area (Å²) in [6.45, 7) is 4.10. The van der Waals surface area contributed by atoms with Crippen molar-refractivity contribution in [2.75, 3.05) is 6.61 Å².